The van der Waals surface area contributed by atoms with Crippen molar-refractivity contribution in [2.45, 2.75) is 19.8 Å². The molecule has 0 fully saturated rings. The molecule has 2 N–H and O–H groups in total. The molecule has 120 valence electrons. The van der Waals surface area contributed by atoms with Crippen molar-refractivity contribution >= 4 is 11.8 Å². The van der Waals surface area contributed by atoms with E-state index in [1.807, 2.05) is 30.3 Å². The van der Waals surface area contributed by atoms with E-state index < -0.39 is 5.91 Å². The molecule has 5 nitrogen and oxygen atoms in total. The highest BCUT2D eigenvalue weighted by molar-refractivity contribution is 5.95. The molecule has 2 aromatic rings. The van der Waals surface area contributed by atoms with Crippen LogP contribution >= 0.6 is 0 Å². The van der Waals surface area contributed by atoms with Crippen molar-refractivity contribution in [3.8, 4) is 5.75 Å². The molecule has 0 saturated heterocycles. The van der Waals surface area contributed by atoms with Gasteiger partial charge in [-0.1, -0.05) is 44.2 Å². The molecule has 0 aliphatic heterocycles. The molecule has 2 amide bonds. The van der Waals surface area contributed by atoms with E-state index in [9.17, 15) is 9.59 Å². The third-order valence-corrected chi connectivity index (χ3v) is 3.27. The number of nitrogens with one attached hydrogen (secondary N) is 2. The maximum atomic E-state index is 11.9. The molecule has 0 unspecified atom stereocenters. The van der Waals surface area contributed by atoms with E-state index in [1.165, 1.54) is 0 Å². The smallest absolute Gasteiger partial charge is 0.276 e. The van der Waals surface area contributed by atoms with Crippen LogP contribution in [0.15, 0.2) is 54.6 Å². The van der Waals surface area contributed by atoms with E-state index in [1.54, 1.807) is 24.3 Å². The van der Waals surface area contributed by atoms with E-state index in [0.29, 0.717) is 17.2 Å². The quantitative estimate of drug-likeness (QED) is 0.834. The second-order valence-electron chi connectivity index (χ2n) is 5.38. The molecule has 0 aliphatic carbocycles. The molecule has 0 radical (unpaired) electrons. The highest BCUT2D eigenvalue weighted by Crippen LogP contribution is 2.14. The Morgan fingerprint density at radius 2 is 1.61 bits per heavy atom. The molecule has 0 aliphatic rings. The first-order valence-electron chi connectivity index (χ1n) is 7.43. The van der Waals surface area contributed by atoms with Gasteiger partial charge in [0, 0.05) is 5.56 Å². The first kappa shape index (κ1) is 16.5. The fourth-order valence-electron chi connectivity index (χ4n) is 1.92. The number of carbonyl (C=O) groups excluding carboxylic acids is 2. The van der Waals surface area contributed by atoms with Crippen LogP contribution in [0.2, 0.25) is 0 Å². The van der Waals surface area contributed by atoms with Gasteiger partial charge in [0.2, 0.25) is 0 Å². The van der Waals surface area contributed by atoms with Gasteiger partial charge in [-0.2, -0.15) is 0 Å². The molecule has 2 rings (SSSR count). The van der Waals surface area contributed by atoms with E-state index in [4.69, 9.17) is 4.74 Å². The number of rotatable bonds is 5. The van der Waals surface area contributed by atoms with Crippen molar-refractivity contribution in [3.63, 3.8) is 0 Å². The Hall–Kier alpha value is -2.82. The standard InChI is InChI=1S/C18H20N2O3/c1-13(2)14-8-10-15(11-9-14)18(22)20-19-17(21)12-23-16-6-4-3-5-7-16/h3-11,13H,12H2,1-2H3,(H,19,21)(H,20,22). The van der Waals surface area contributed by atoms with Crippen LogP contribution in [0.5, 0.6) is 5.75 Å². The third kappa shape index (κ3) is 5.14. The third-order valence-electron chi connectivity index (χ3n) is 3.27. The number of carbonyl (C=O) groups is 2. The minimum absolute atomic E-state index is 0.170. The second kappa shape index (κ2) is 7.98. The summed E-state index contributed by atoms with van der Waals surface area (Å²) in [4.78, 5) is 23.6. The zero-order valence-corrected chi connectivity index (χ0v) is 13.2. The number of hydrazine groups is 1. The maximum Gasteiger partial charge on any atom is 0.276 e. The first-order chi connectivity index (χ1) is 11.1. The Balaban J connectivity index is 1.78. The van der Waals surface area contributed by atoms with Crippen LogP contribution < -0.4 is 15.6 Å². The van der Waals surface area contributed by atoms with Gasteiger partial charge in [0.1, 0.15) is 5.75 Å². The Bertz CT molecular complexity index is 652. The summed E-state index contributed by atoms with van der Waals surface area (Å²) in [6.45, 7) is 4.00. The Labute approximate surface area is 135 Å². The fraction of sp³-hybridized carbons (Fsp3) is 0.222. The average molecular weight is 312 g/mol. The molecule has 23 heavy (non-hydrogen) atoms. The lowest BCUT2D eigenvalue weighted by Gasteiger charge is -2.10. The van der Waals surface area contributed by atoms with Gasteiger partial charge in [0.05, 0.1) is 0 Å². The summed E-state index contributed by atoms with van der Waals surface area (Å²) >= 11 is 0. The van der Waals surface area contributed by atoms with Gasteiger partial charge in [0.15, 0.2) is 6.61 Å². The number of hydrogen-bond donors (Lipinski definition) is 2. The largest absolute Gasteiger partial charge is 0.484 e. The molecule has 0 spiro atoms. The molecule has 0 saturated carbocycles. The summed E-state index contributed by atoms with van der Waals surface area (Å²) in [5.41, 5.74) is 6.33. The van der Waals surface area contributed by atoms with Crippen LogP contribution in [-0.2, 0) is 4.79 Å². The van der Waals surface area contributed by atoms with Crippen molar-refractivity contribution < 1.29 is 14.3 Å². The highest BCUT2D eigenvalue weighted by atomic mass is 16.5. The normalized spacial score (nSPS) is 10.2. The number of amides is 2. The molecule has 0 bridgehead atoms. The summed E-state index contributed by atoms with van der Waals surface area (Å²) in [6.07, 6.45) is 0. The Morgan fingerprint density at radius 1 is 0.957 bits per heavy atom. The van der Waals surface area contributed by atoms with E-state index in [0.717, 1.165) is 5.56 Å². The van der Waals surface area contributed by atoms with Crippen LogP contribution in [0.25, 0.3) is 0 Å². The number of benzene rings is 2. The summed E-state index contributed by atoms with van der Waals surface area (Å²) in [5.74, 6) is 0.203. The second-order valence-corrected chi connectivity index (χ2v) is 5.38. The Morgan fingerprint density at radius 3 is 2.22 bits per heavy atom. The van der Waals surface area contributed by atoms with E-state index >= 15 is 0 Å². The summed E-state index contributed by atoms with van der Waals surface area (Å²) in [5, 5.41) is 0. The maximum absolute atomic E-state index is 11.9. The first-order valence-corrected chi connectivity index (χ1v) is 7.43. The molecule has 0 heterocycles. The van der Waals surface area contributed by atoms with Gasteiger partial charge in [-0.05, 0) is 35.7 Å². The zero-order valence-electron chi connectivity index (χ0n) is 13.2. The predicted octanol–water partition coefficient (Wildman–Crippen LogP) is 2.65. The lowest BCUT2D eigenvalue weighted by molar-refractivity contribution is -0.123. The van der Waals surface area contributed by atoms with Crippen molar-refractivity contribution in [2.24, 2.45) is 0 Å². The lowest BCUT2D eigenvalue weighted by atomic mass is 10.0. The monoisotopic (exact) mass is 312 g/mol. The number of hydrogen-bond acceptors (Lipinski definition) is 3. The summed E-state index contributed by atoms with van der Waals surface area (Å²) in [6, 6.07) is 16.3. The molecule has 0 atom stereocenters. The predicted molar refractivity (Wildman–Crippen MR) is 88.1 cm³/mol. The van der Waals surface area contributed by atoms with Gasteiger partial charge >= 0.3 is 0 Å². The summed E-state index contributed by atoms with van der Waals surface area (Å²) < 4.78 is 5.28. The van der Waals surface area contributed by atoms with Gasteiger partial charge < -0.3 is 4.74 Å². The van der Waals surface area contributed by atoms with Crippen molar-refractivity contribution in [1.82, 2.24) is 10.9 Å². The van der Waals surface area contributed by atoms with Gasteiger partial charge in [0.25, 0.3) is 11.8 Å². The number of ether oxygens (including phenoxy) is 1. The topological polar surface area (TPSA) is 67.4 Å². The van der Waals surface area contributed by atoms with Crippen molar-refractivity contribution in [3.05, 3.63) is 65.7 Å². The van der Waals surface area contributed by atoms with Crippen LogP contribution in [0.4, 0.5) is 0 Å². The van der Waals surface area contributed by atoms with Gasteiger partial charge in [-0.25, -0.2) is 0 Å². The lowest BCUT2D eigenvalue weighted by Crippen LogP contribution is -2.43. The zero-order chi connectivity index (χ0) is 16.7. The molecule has 0 aromatic heterocycles. The van der Waals surface area contributed by atoms with E-state index in [2.05, 4.69) is 24.7 Å². The van der Waals surface area contributed by atoms with Crippen molar-refractivity contribution in [2.75, 3.05) is 6.61 Å². The fourth-order valence-corrected chi connectivity index (χ4v) is 1.92. The van der Waals surface area contributed by atoms with Crippen LogP contribution in [0.1, 0.15) is 35.7 Å². The van der Waals surface area contributed by atoms with Crippen molar-refractivity contribution in [1.29, 1.82) is 0 Å². The minimum atomic E-state index is -0.430. The highest BCUT2D eigenvalue weighted by Gasteiger charge is 2.08. The van der Waals surface area contributed by atoms with E-state index in [-0.39, 0.29) is 12.5 Å². The number of para-hydroxylation sites is 1. The van der Waals surface area contributed by atoms with Crippen LogP contribution in [0, 0.1) is 0 Å². The molecule has 5 heteroatoms. The van der Waals surface area contributed by atoms with Gasteiger partial charge in [-0.3, -0.25) is 20.4 Å². The summed E-state index contributed by atoms with van der Waals surface area (Å²) in [7, 11) is 0. The van der Waals surface area contributed by atoms with Crippen LogP contribution in [0.3, 0.4) is 0 Å². The SMILES string of the molecule is CC(C)c1ccc(C(=O)NNC(=O)COc2ccccc2)cc1. The molecular formula is C18H20N2O3. The van der Waals surface area contributed by atoms with Gasteiger partial charge in [-0.15, -0.1) is 0 Å². The molecular weight excluding hydrogens is 292 g/mol. The van der Waals surface area contributed by atoms with Crippen LogP contribution in [-0.4, -0.2) is 18.4 Å². The molecule has 2 aromatic carbocycles. The Kier molecular flexibility index (Phi) is 5.74. The average Bonchev–Trinajstić information content (AvgIpc) is 2.58. The minimum Gasteiger partial charge on any atom is -0.484 e.